The average Bonchev–Trinajstić information content (AvgIpc) is 3.12. The number of imidazole rings is 1. The average molecular weight is 266 g/mol. The van der Waals surface area contributed by atoms with Crippen molar-refractivity contribution in [3.8, 4) is 11.4 Å². The SMILES string of the molecule is [2H]C([2H])([2H])[n+]1c2n(c3c4ccncc4oc31)Cc1cnccc1-2. The normalized spacial score (nSPS) is 15.9. The minimum atomic E-state index is -2.34. The number of fused-ring (bicyclic) bond motifs is 7. The van der Waals surface area contributed by atoms with E-state index in [1.165, 1.54) is 4.57 Å². The third-order valence-electron chi connectivity index (χ3n) is 3.86. The first-order valence-electron chi connectivity index (χ1n) is 7.80. The van der Waals surface area contributed by atoms with Gasteiger partial charge in [-0.3, -0.25) is 9.97 Å². The Hall–Kier alpha value is -2.69. The fourth-order valence-corrected chi connectivity index (χ4v) is 3.02. The van der Waals surface area contributed by atoms with E-state index in [2.05, 4.69) is 9.97 Å². The van der Waals surface area contributed by atoms with E-state index in [0.717, 1.165) is 22.0 Å². The molecule has 5 rings (SSSR count). The van der Waals surface area contributed by atoms with Crippen LogP contribution >= 0.6 is 0 Å². The number of nitrogens with zero attached hydrogens (tertiary/aromatic N) is 4. The van der Waals surface area contributed by atoms with Crippen LogP contribution in [0, 0.1) is 0 Å². The minimum absolute atomic E-state index is 0.352. The second-order valence-corrected chi connectivity index (χ2v) is 4.91. The van der Waals surface area contributed by atoms with Gasteiger partial charge < -0.3 is 4.42 Å². The van der Waals surface area contributed by atoms with Crippen molar-refractivity contribution in [2.45, 2.75) is 6.54 Å². The van der Waals surface area contributed by atoms with Gasteiger partial charge in [-0.1, -0.05) is 0 Å². The van der Waals surface area contributed by atoms with E-state index in [4.69, 9.17) is 8.53 Å². The second kappa shape index (κ2) is 3.25. The second-order valence-electron chi connectivity index (χ2n) is 4.91. The van der Waals surface area contributed by atoms with Gasteiger partial charge in [0.2, 0.25) is 5.52 Å². The van der Waals surface area contributed by atoms with Crippen molar-refractivity contribution < 1.29 is 13.1 Å². The summed E-state index contributed by atoms with van der Waals surface area (Å²) in [6.07, 6.45) is 6.74. The standard InChI is InChI=1S/C15H11N4O/c1-18-14-10-2-4-16-6-9(10)8-19(14)13-11-3-5-17-7-12(11)20-15(13)18/h2-7H,8H2,1H3/q+1/i1D3. The summed E-state index contributed by atoms with van der Waals surface area (Å²) in [5.41, 5.74) is 3.60. The zero-order chi connectivity index (χ0) is 15.8. The molecule has 5 heterocycles. The van der Waals surface area contributed by atoms with Gasteiger partial charge in [-0.15, -0.1) is 0 Å². The van der Waals surface area contributed by atoms with Crippen molar-refractivity contribution in [1.29, 1.82) is 0 Å². The first kappa shape index (κ1) is 7.79. The molecule has 0 aromatic carbocycles. The number of hydrogen-bond acceptors (Lipinski definition) is 3. The zero-order valence-electron chi connectivity index (χ0n) is 13.4. The highest BCUT2D eigenvalue weighted by molar-refractivity contribution is 6.01. The summed E-state index contributed by atoms with van der Waals surface area (Å²) in [5.74, 6) is 0.634. The molecule has 0 unspecified atom stereocenters. The van der Waals surface area contributed by atoms with E-state index in [0.29, 0.717) is 23.7 Å². The van der Waals surface area contributed by atoms with Crippen LogP contribution in [0.3, 0.4) is 0 Å². The first-order valence-corrected chi connectivity index (χ1v) is 6.30. The lowest BCUT2D eigenvalue weighted by atomic mass is 10.2. The molecule has 0 atom stereocenters. The number of rotatable bonds is 0. The molecule has 1 aliphatic rings. The van der Waals surface area contributed by atoms with Crippen LogP contribution in [0.5, 0.6) is 0 Å². The number of hydrogen-bond donors (Lipinski definition) is 0. The fraction of sp³-hybridized carbons (Fsp3) is 0.133. The largest absolute Gasteiger partial charge is 0.417 e. The molecule has 5 heteroatoms. The van der Waals surface area contributed by atoms with Crippen molar-refractivity contribution in [3.63, 3.8) is 0 Å². The summed E-state index contributed by atoms with van der Waals surface area (Å²) in [4.78, 5) is 8.19. The molecule has 96 valence electrons. The highest BCUT2D eigenvalue weighted by Crippen LogP contribution is 2.36. The lowest BCUT2D eigenvalue weighted by Gasteiger charge is -1.93. The quantitative estimate of drug-likeness (QED) is 0.403. The Morgan fingerprint density at radius 1 is 1.30 bits per heavy atom. The van der Waals surface area contributed by atoms with Gasteiger partial charge in [0, 0.05) is 24.2 Å². The van der Waals surface area contributed by atoms with Crippen LogP contribution in [0.4, 0.5) is 0 Å². The molecule has 0 fully saturated rings. The van der Waals surface area contributed by atoms with Crippen molar-refractivity contribution in [3.05, 3.63) is 42.5 Å². The number of furan rings is 1. The summed E-state index contributed by atoms with van der Waals surface area (Å²) >= 11 is 0. The molecule has 0 N–H and O–H groups in total. The molecule has 0 aliphatic carbocycles. The number of pyridine rings is 2. The smallest absolute Gasteiger partial charge is 0.339 e. The summed E-state index contributed by atoms with van der Waals surface area (Å²) in [6.45, 7) is -1.76. The van der Waals surface area contributed by atoms with Gasteiger partial charge in [-0.25, -0.2) is 4.57 Å². The van der Waals surface area contributed by atoms with Crippen LogP contribution in [-0.2, 0) is 13.5 Å². The van der Waals surface area contributed by atoms with Crippen molar-refractivity contribution in [2.75, 3.05) is 0 Å². The first-order chi connectivity index (χ1) is 11.1. The molecular weight excluding hydrogens is 252 g/mol. The minimum Gasteiger partial charge on any atom is -0.417 e. The third kappa shape index (κ3) is 1.02. The molecule has 0 saturated heterocycles. The summed E-state index contributed by atoms with van der Waals surface area (Å²) in [6, 6.07) is 3.69. The molecule has 4 aromatic heterocycles. The molecule has 0 amide bonds. The van der Waals surface area contributed by atoms with E-state index in [-0.39, 0.29) is 0 Å². The zero-order valence-corrected chi connectivity index (χ0v) is 10.4. The van der Waals surface area contributed by atoms with Gasteiger partial charge in [-0.05, 0) is 12.1 Å². The molecule has 4 aromatic rings. The van der Waals surface area contributed by atoms with Crippen molar-refractivity contribution in [2.24, 2.45) is 6.98 Å². The Morgan fingerprint density at radius 2 is 2.20 bits per heavy atom. The summed E-state index contributed by atoms with van der Waals surface area (Å²) in [5, 5.41) is 0.861. The van der Waals surface area contributed by atoms with Crippen LogP contribution in [-0.4, -0.2) is 14.5 Å². The third-order valence-corrected chi connectivity index (χ3v) is 3.86. The van der Waals surface area contributed by atoms with Gasteiger partial charge in [0.15, 0.2) is 5.58 Å². The lowest BCUT2D eigenvalue weighted by molar-refractivity contribution is -0.640. The Balaban J connectivity index is 2.01. The number of aryl methyl sites for hydroxylation is 1. The maximum absolute atomic E-state index is 7.95. The fourth-order valence-electron chi connectivity index (χ4n) is 3.02. The lowest BCUT2D eigenvalue weighted by Crippen LogP contribution is -2.29. The molecular formula is C15H11N4O+. The van der Waals surface area contributed by atoms with E-state index in [1.807, 2.05) is 16.7 Å². The van der Waals surface area contributed by atoms with Gasteiger partial charge in [-0.2, -0.15) is 4.57 Å². The highest BCUT2D eigenvalue weighted by atomic mass is 16.3. The molecule has 0 bridgehead atoms. The van der Waals surface area contributed by atoms with E-state index in [1.54, 1.807) is 24.8 Å². The molecule has 0 radical (unpaired) electrons. The van der Waals surface area contributed by atoms with Crippen LogP contribution in [0.2, 0.25) is 0 Å². The summed E-state index contributed by atoms with van der Waals surface area (Å²) in [7, 11) is 0. The molecule has 1 aliphatic heterocycles. The maximum Gasteiger partial charge on any atom is 0.339 e. The van der Waals surface area contributed by atoms with Crippen LogP contribution in [0.1, 0.15) is 9.68 Å². The van der Waals surface area contributed by atoms with Gasteiger partial charge >= 0.3 is 5.71 Å². The Labute approximate surface area is 118 Å². The van der Waals surface area contributed by atoms with Gasteiger partial charge in [0.1, 0.15) is 6.54 Å². The molecule has 0 spiro atoms. The van der Waals surface area contributed by atoms with Crippen molar-refractivity contribution in [1.82, 2.24) is 14.5 Å². The maximum atomic E-state index is 7.95. The monoisotopic (exact) mass is 266 g/mol. The molecule has 20 heavy (non-hydrogen) atoms. The van der Waals surface area contributed by atoms with Crippen LogP contribution < -0.4 is 4.57 Å². The Kier molecular flexibility index (Phi) is 1.27. The van der Waals surface area contributed by atoms with Crippen LogP contribution in [0.15, 0.2) is 41.3 Å². The Morgan fingerprint density at radius 3 is 3.15 bits per heavy atom. The van der Waals surface area contributed by atoms with Gasteiger partial charge in [0.25, 0.3) is 5.82 Å². The Bertz CT molecular complexity index is 1090. The molecule has 0 saturated carbocycles. The van der Waals surface area contributed by atoms with E-state index in [9.17, 15) is 0 Å². The van der Waals surface area contributed by atoms with Gasteiger partial charge in [0.05, 0.1) is 28.2 Å². The predicted octanol–water partition coefficient (Wildman–Crippen LogP) is 2.03. The molecule has 5 nitrogen and oxygen atoms in total. The van der Waals surface area contributed by atoms with E-state index >= 15 is 0 Å². The summed E-state index contributed by atoms with van der Waals surface area (Å²) < 4.78 is 33.0. The number of aromatic nitrogens is 4. The van der Waals surface area contributed by atoms with Crippen LogP contribution in [0.25, 0.3) is 33.6 Å². The van der Waals surface area contributed by atoms with Crippen molar-refractivity contribution >= 4 is 22.2 Å². The predicted molar refractivity (Wildman–Crippen MR) is 73.0 cm³/mol. The highest BCUT2D eigenvalue weighted by Gasteiger charge is 2.35. The topological polar surface area (TPSA) is 47.7 Å². The van der Waals surface area contributed by atoms with E-state index < -0.39 is 6.98 Å².